The van der Waals surface area contributed by atoms with Crippen LogP contribution in [0.3, 0.4) is 0 Å². The van der Waals surface area contributed by atoms with E-state index in [1.807, 2.05) is 0 Å². The fraction of sp³-hybridized carbons (Fsp3) is 0.417. The lowest BCUT2D eigenvalue weighted by Crippen LogP contribution is -2.25. The first kappa shape index (κ1) is 14.4. The van der Waals surface area contributed by atoms with Crippen LogP contribution in [-0.2, 0) is 6.18 Å². The maximum atomic E-state index is 13.0. The predicted octanol–water partition coefficient (Wildman–Crippen LogP) is 2.63. The SMILES string of the molecule is CC(NC(C)c1ccccc1C(F)(F)F)c1nn[nH]n1. The first-order chi connectivity index (χ1) is 9.39. The Labute approximate surface area is 113 Å². The van der Waals surface area contributed by atoms with E-state index < -0.39 is 17.8 Å². The number of aromatic nitrogens is 4. The number of aromatic amines is 1. The summed E-state index contributed by atoms with van der Waals surface area (Å²) in [5.74, 6) is 0.404. The first-order valence-corrected chi connectivity index (χ1v) is 6.05. The summed E-state index contributed by atoms with van der Waals surface area (Å²) in [4.78, 5) is 0. The van der Waals surface area contributed by atoms with Crippen molar-refractivity contribution in [1.82, 2.24) is 25.9 Å². The quantitative estimate of drug-likeness (QED) is 0.906. The molecule has 0 aliphatic carbocycles. The lowest BCUT2D eigenvalue weighted by Gasteiger charge is -2.21. The molecule has 0 fully saturated rings. The van der Waals surface area contributed by atoms with Crippen LogP contribution in [0.15, 0.2) is 24.3 Å². The number of alkyl halides is 3. The molecular formula is C12H14F3N5. The predicted molar refractivity (Wildman–Crippen MR) is 65.6 cm³/mol. The normalized spacial score (nSPS) is 15.1. The zero-order valence-electron chi connectivity index (χ0n) is 10.9. The highest BCUT2D eigenvalue weighted by atomic mass is 19.4. The number of rotatable bonds is 4. The Morgan fingerprint density at radius 2 is 1.85 bits per heavy atom. The molecule has 0 spiro atoms. The number of H-pyrrole nitrogens is 1. The highest BCUT2D eigenvalue weighted by Gasteiger charge is 2.34. The van der Waals surface area contributed by atoms with Crippen molar-refractivity contribution in [2.45, 2.75) is 32.1 Å². The molecule has 8 heteroatoms. The number of hydrogen-bond acceptors (Lipinski definition) is 4. The van der Waals surface area contributed by atoms with E-state index in [1.54, 1.807) is 19.9 Å². The van der Waals surface area contributed by atoms with Crippen LogP contribution in [0.2, 0.25) is 0 Å². The number of hydrogen-bond donors (Lipinski definition) is 2. The van der Waals surface area contributed by atoms with E-state index in [0.717, 1.165) is 6.07 Å². The molecule has 0 saturated carbocycles. The second kappa shape index (κ2) is 5.58. The van der Waals surface area contributed by atoms with Gasteiger partial charge in [-0.25, -0.2) is 0 Å². The average Bonchev–Trinajstić information content (AvgIpc) is 2.91. The van der Waals surface area contributed by atoms with Gasteiger partial charge in [-0.2, -0.15) is 18.4 Å². The van der Waals surface area contributed by atoms with Crippen molar-refractivity contribution in [2.75, 3.05) is 0 Å². The van der Waals surface area contributed by atoms with E-state index in [1.165, 1.54) is 12.1 Å². The fourth-order valence-corrected chi connectivity index (χ4v) is 2.03. The fourth-order valence-electron chi connectivity index (χ4n) is 2.03. The molecule has 0 amide bonds. The zero-order chi connectivity index (χ0) is 14.8. The monoisotopic (exact) mass is 285 g/mol. The summed E-state index contributed by atoms with van der Waals surface area (Å²) in [7, 11) is 0. The zero-order valence-corrected chi connectivity index (χ0v) is 10.9. The van der Waals surface area contributed by atoms with Crippen molar-refractivity contribution in [3.63, 3.8) is 0 Å². The van der Waals surface area contributed by atoms with Gasteiger partial charge >= 0.3 is 6.18 Å². The van der Waals surface area contributed by atoms with E-state index in [2.05, 4.69) is 25.9 Å². The number of tetrazole rings is 1. The molecule has 2 rings (SSSR count). The van der Waals surface area contributed by atoms with Gasteiger partial charge in [0.25, 0.3) is 0 Å². The van der Waals surface area contributed by atoms with Crippen molar-refractivity contribution in [3.8, 4) is 0 Å². The molecule has 2 N–H and O–H groups in total. The molecule has 2 unspecified atom stereocenters. The van der Waals surface area contributed by atoms with Gasteiger partial charge in [-0.1, -0.05) is 23.4 Å². The molecular weight excluding hydrogens is 271 g/mol. The maximum Gasteiger partial charge on any atom is 0.416 e. The van der Waals surface area contributed by atoms with Crippen LogP contribution in [0.5, 0.6) is 0 Å². The molecule has 1 aromatic heterocycles. The molecule has 0 bridgehead atoms. The highest BCUT2D eigenvalue weighted by molar-refractivity contribution is 5.32. The standard InChI is InChI=1S/C12H14F3N5/c1-7(16-8(2)11-17-19-20-18-11)9-5-3-4-6-10(9)12(13,14)15/h3-8,16H,1-2H3,(H,17,18,19,20). The van der Waals surface area contributed by atoms with E-state index in [-0.39, 0.29) is 11.6 Å². The minimum atomic E-state index is -4.37. The van der Waals surface area contributed by atoms with Crippen molar-refractivity contribution < 1.29 is 13.2 Å². The van der Waals surface area contributed by atoms with Crippen LogP contribution in [0, 0.1) is 0 Å². The van der Waals surface area contributed by atoms with Gasteiger partial charge in [-0.15, -0.1) is 10.2 Å². The number of nitrogens with zero attached hydrogens (tertiary/aromatic N) is 3. The Kier molecular flexibility index (Phi) is 4.03. The van der Waals surface area contributed by atoms with Gasteiger partial charge in [0.05, 0.1) is 11.6 Å². The van der Waals surface area contributed by atoms with Gasteiger partial charge in [0.2, 0.25) is 0 Å². The van der Waals surface area contributed by atoms with Crippen molar-refractivity contribution in [3.05, 3.63) is 41.2 Å². The van der Waals surface area contributed by atoms with Crippen LogP contribution < -0.4 is 5.32 Å². The lowest BCUT2D eigenvalue weighted by molar-refractivity contribution is -0.138. The Morgan fingerprint density at radius 3 is 2.45 bits per heavy atom. The first-order valence-electron chi connectivity index (χ1n) is 6.05. The molecule has 2 aromatic rings. The summed E-state index contributed by atoms with van der Waals surface area (Å²) in [6, 6.07) is 4.69. The highest BCUT2D eigenvalue weighted by Crippen LogP contribution is 2.34. The molecule has 108 valence electrons. The molecule has 0 aliphatic heterocycles. The van der Waals surface area contributed by atoms with Crippen LogP contribution in [0.25, 0.3) is 0 Å². The largest absolute Gasteiger partial charge is 0.416 e. The van der Waals surface area contributed by atoms with E-state index in [4.69, 9.17) is 0 Å². The summed E-state index contributed by atoms with van der Waals surface area (Å²) in [6.07, 6.45) is -4.37. The number of halogens is 3. The summed E-state index contributed by atoms with van der Waals surface area (Å²) < 4.78 is 38.9. The van der Waals surface area contributed by atoms with Crippen LogP contribution in [0.4, 0.5) is 13.2 Å². The third-order valence-corrected chi connectivity index (χ3v) is 2.98. The van der Waals surface area contributed by atoms with Gasteiger partial charge < -0.3 is 5.32 Å². The molecule has 1 heterocycles. The molecule has 5 nitrogen and oxygen atoms in total. The second-order valence-electron chi connectivity index (χ2n) is 4.47. The van der Waals surface area contributed by atoms with Crippen molar-refractivity contribution >= 4 is 0 Å². The van der Waals surface area contributed by atoms with Crippen LogP contribution >= 0.6 is 0 Å². The summed E-state index contributed by atoms with van der Waals surface area (Å²) in [5, 5.41) is 16.4. The second-order valence-corrected chi connectivity index (χ2v) is 4.47. The topological polar surface area (TPSA) is 66.5 Å². The molecule has 0 saturated heterocycles. The van der Waals surface area contributed by atoms with Gasteiger partial charge in [-0.3, -0.25) is 0 Å². The Bertz CT molecular complexity index is 552. The Balaban J connectivity index is 2.19. The van der Waals surface area contributed by atoms with Crippen molar-refractivity contribution in [1.29, 1.82) is 0 Å². The number of nitrogens with one attached hydrogen (secondary N) is 2. The molecule has 0 radical (unpaired) electrons. The summed E-state index contributed by atoms with van der Waals surface area (Å²) in [6.45, 7) is 3.43. The summed E-state index contributed by atoms with van der Waals surface area (Å²) >= 11 is 0. The van der Waals surface area contributed by atoms with E-state index in [0.29, 0.717) is 5.82 Å². The Morgan fingerprint density at radius 1 is 1.15 bits per heavy atom. The third kappa shape index (κ3) is 3.13. The van der Waals surface area contributed by atoms with E-state index in [9.17, 15) is 13.2 Å². The van der Waals surface area contributed by atoms with Gasteiger partial charge in [0.1, 0.15) is 0 Å². The molecule has 20 heavy (non-hydrogen) atoms. The minimum absolute atomic E-state index is 0.190. The number of benzene rings is 1. The van der Waals surface area contributed by atoms with Gasteiger partial charge in [-0.05, 0) is 25.5 Å². The molecule has 0 aliphatic rings. The lowest BCUT2D eigenvalue weighted by atomic mass is 10.0. The van der Waals surface area contributed by atoms with Gasteiger partial charge in [0.15, 0.2) is 5.82 Å². The summed E-state index contributed by atoms with van der Waals surface area (Å²) in [5.41, 5.74) is -0.448. The Hall–Kier alpha value is -1.96. The average molecular weight is 285 g/mol. The van der Waals surface area contributed by atoms with Crippen LogP contribution in [-0.4, -0.2) is 20.6 Å². The smallest absolute Gasteiger partial charge is 0.301 e. The van der Waals surface area contributed by atoms with Crippen LogP contribution in [0.1, 0.15) is 42.9 Å². The van der Waals surface area contributed by atoms with Gasteiger partial charge in [0, 0.05) is 6.04 Å². The minimum Gasteiger partial charge on any atom is -0.301 e. The maximum absolute atomic E-state index is 13.0. The third-order valence-electron chi connectivity index (χ3n) is 2.98. The van der Waals surface area contributed by atoms with E-state index >= 15 is 0 Å². The molecule has 2 atom stereocenters. The molecule has 1 aromatic carbocycles. The van der Waals surface area contributed by atoms with Crippen molar-refractivity contribution in [2.24, 2.45) is 0 Å².